The number of nitrogens with zero attached hydrogens (tertiary/aromatic N) is 2. The summed E-state index contributed by atoms with van der Waals surface area (Å²) in [5.74, 6) is -4.41. The van der Waals surface area contributed by atoms with Crippen molar-refractivity contribution in [1.82, 2.24) is 9.13 Å². The number of hydrogen-bond acceptors (Lipinski definition) is 10. The summed E-state index contributed by atoms with van der Waals surface area (Å²) in [4.78, 5) is 49.8. The van der Waals surface area contributed by atoms with E-state index in [4.69, 9.17) is 0 Å². The number of hydrogen-bond donors (Lipinski definition) is 6. The summed E-state index contributed by atoms with van der Waals surface area (Å²) in [6.45, 7) is 8.45. The number of anilines is 2. The van der Waals surface area contributed by atoms with Crippen LogP contribution in [-0.4, -0.2) is 115 Å². The standard InChI is InChI=1S/2C33H35FN2O5.Ca.Fe/c2*1-21(2)31-30(33(41)35-25-11-7-4-8-12-25)29(22-9-5-3-6-10-22)32(23-13-15-24(34)16-14-23)36(31)18-17-26(37)19-27(38)20-28(39)40;;/h2*3-16,21,26-27,37-38H,17-20H2,1-2H3,(H,35,41)(H,39,40);;/q;;+2;/p-2/t2*26-,27-;;/m11../s1. The minimum atomic E-state index is -1.39. The molecule has 0 saturated carbocycles. The maximum absolute atomic E-state index is 14.0. The van der Waals surface area contributed by atoms with E-state index in [1.165, 1.54) is 24.3 Å². The molecule has 0 saturated heterocycles. The number of carbonyl (C=O) groups excluding carboxylic acids is 4. The van der Waals surface area contributed by atoms with Gasteiger partial charge in [-0.1, -0.05) is 125 Å². The molecule has 0 spiro atoms. The molecule has 4 atom stereocenters. The average molecular weight is 1210 g/mol. The van der Waals surface area contributed by atoms with Crippen LogP contribution in [0.5, 0.6) is 0 Å². The fourth-order valence-corrected chi connectivity index (χ4v) is 10.4. The average Bonchev–Trinajstić information content (AvgIpc) is 2.49. The molecule has 84 heavy (non-hydrogen) atoms. The molecule has 8 aromatic rings. The summed E-state index contributed by atoms with van der Waals surface area (Å²) in [5, 5.41) is 69.2. The second kappa shape index (κ2) is 32.5. The largest absolute Gasteiger partial charge is 2.00 e. The van der Waals surface area contributed by atoms with Crippen LogP contribution in [0.15, 0.2) is 170 Å². The van der Waals surface area contributed by atoms with Gasteiger partial charge in [-0.3, -0.25) is 9.59 Å². The number of amides is 2. The van der Waals surface area contributed by atoms with Crippen molar-refractivity contribution >= 4 is 72.9 Å². The molecule has 2 heterocycles. The van der Waals surface area contributed by atoms with Gasteiger partial charge >= 0.3 is 37.7 Å². The Labute approximate surface area is 528 Å². The van der Waals surface area contributed by atoms with E-state index in [-0.39, 0.29) is 117 Å². The topological polar surface area (TPSA) is 229 Å². The molecule has 0 aliphatic heterocycles. The van der Waals surface area contributed by atoms with Crippen LogP contribution in [-0.2, 0) is 39.7 Å². The van der Waals surface area contributed by atoms with Gasteiger partial charge in [-0.25, -0.2) is 8.78 Å². The van der Waals surface area contributed by atoms with Crippen molar-refractivity contribution in [2.75, 3.05) is 10.6 Å². The van der Waals surface area contributed by atoms with Gasteiger partial charge in [0, 0.05) is 88.8 Å². The summed E-state index contributed by atoms with van der Waals surface area (Å²) >= 11 is 0. The zero-order chi connectivity index (χ0) is 59.0. The Morgan fingerprint density at radius 3 is 1.04 bits per heavy atom. The number of carboxylic acids is 2. The first-order valence-corrected chi connectivity index (χ1v) is 27.3. The minimum Gasteiger partial charge on any atom is -0.550 e. The number of halogens is 2. The molecule has 18 heteroatoms. The first kappa shape index (κ1) is 68.0. The third kappa shape index (κ3) is 18.1. The predicted molar refractivity (Wildman–Crippen MR) is 315 cm³/mol. The number of benzene rings is 6. The second-order valence-corrected chi connectivity index (χ2v) is 20.8. The van der Waals surface area contributed by atoms with Crippen LogP contribution >= 0.6 is 0 Å². The molecule has 436 valence electrons. The van der Waals surface area contributed by atoms with Crippen molar-refractivity contribution in [2.24, 2.45) is 0 Å². The molecular weight excluding hydrogens is 1140 g/mol. The Hall–Kier alpha value is -6.76. The Morgan fingerprint density at radius 2 is 0.750 bits per heavy atom. The molecule has 6 N–H and O–H groups in total. The van der Waals surface area contributed by atoms with Crippen LogP contribution in [0.25, 0.3) is 44.8 Å². The smallest absolute Gasteiger partial charge is 0.550 e. The number of para-hydroxylation sites is 2. The van der Waals surface area contributed by atoms with Crippen molar-refractivity contribution in [2.45, 2.75) is 116 Å². The van der Waals surface area contributed by atoms with Crippen molar-refractivity contribution in [1.29, 1.82) is 0 Å². The van der Waals surface area contributed by atoms with Gasteiger partial charge in [0.25, 0.3) is 11.8 Å². The molecule has 6 aromatic carbocycles. The number of aromatic nitrogens is 2. The number of aliphatic carboxylic acids is 2. The van der Waals surface area contributed by atoms with E-state index < -0.39 is 60.8 Å². The van der Waals surface area contributed by atoms with Gasteiger partial charge in [-0.2, -0.15) is 0 Å². The third-order valence-electron chi connectivity index (χ3n) is 13.8. The van der Waals surface area contributed by atoms with Crippen LogP contribution in [0.4, 0.5) is 20.2 Å². The van der Waals surface area contributed by atoms with Gasteiger partial charge in [0.15, 0.2) is 0 Å². The summed E-state index contributed by atoms with van der Waals surface area (Å²) in [5.41, 5.74) is 9.43. The van der Waals surface area contributed by atoms with E-state index in [1.807, 2.05) is 134 Å². The zero-order valence-electron chi connectivity index (χ0n) is 47.2. The summed E-state index contributed by atoms with van der Waals surface area (Å²) in [7, 11) is 0. The molecule has 0 fully saturated rings. The molecule has 0 bridgehead atoms. The van der Waals surface area contributed by atoms with Gasteiger partial charge < -0.3 is 60.0 Å². The van der Waals surface area contributed by atoms with Crippen LogP contribution in [0.2, 0.25) is 0 Å². The molecular formula is C66H68CaF2FeN4O10. The number of rotatable bonds is 24. The summed E-state index contributed by atoms with van der Waals surface area (Å²) in [6, 6.07) is 49.4. The first-order valence-electron chi connectivity index (χ1n) is 27.3. The SMILES string of the molecule is CC(C)c1c(C(=O)Nc2ccccc2)c(-c2ccccc2)c(-c2ccc(F)cc2)n1CC[C@@H](O)C[C@@H](O)CC(=O)[O-].CC(C)c1c(C(=O)Nc2ccccc2)c(-c2ccccc2)c(-c2ccc(F)cc2)n1CC[C@@H](O)C[C@@H](O)CC(=O)[O-].[Ca+2].[Fe]. The third-order valence-corrected chi connectivity index (χ3v) is 13.8. The van der Waals surface area contributed by atoms with Crippen molar-refractivity contribution in [3.63, 3.8) is 0 Å². The predicted octanol–water partition coefficient (Wildman–Crippen LogP) is 9.57. The molecule has 0 radical (unpaired) electrons. The quantitative estimate of drug-likeness (QED) is 0.0314. The second-order valence-electron chi connectivity index (χ2n) is 20.8. The van der Waals surface area contributed by atoms with E-state index in [0.717, 1.165) is 22.5 Å². The molecule has 8 rings (SSSR count). The molecule has 2 aromatic heterocycles. The van der Waals surface area contributed by atoms with Crippen LogP contribution in [0, 0.1) is 11.6 Å². The van der Waals surface area contributed by atoms with Crippen LogP contribution in [0.1, 0.15) is 110 Å². The molecule has 0 aliphatic carbocycles. The maximum Gasteiger partial charge on any atom is 2.00 e. The van der Waals surface area contributed by atoms with Gasteiger partial charge in [0.1, 0.15) is 11.6 Å². The first-order chi connectivity index (χ1) is 39.3. The zero-order valence-corrected chi connectivity index (χ0v) is 50.5. The minimum absolute atomic E-state index is 0. The molecule has 0 aliphatic rings. The molecule has 14 nitrogen and oxygen atoms in total. The van der Waals surface area contributed by atoms with E-state index in [1.54, 1.807) is 48.5 Å². The fourth-order valence-electron chi connectivity index (χ4n) is 10.4. The van der Waals surface area contributed by atoms with Crippen molar-refractivity contribution in [3.8, 4) is 44.8 Å². The number of nitrogens with one attached hydrogen (secondary N) is 2. The van der Waals surface area contributed by atoms with E-state index in [9.17, 15) is 58.6 Å². The van der Waals surface area contributed by atoms with Crippen molar-refractivity contribution < 1.29 is 75.7 Å². The van der Waals surface area contributed by atoms with Gasteiger partial charge in [-0.15, -0.1) is 0 Å². The Bertz CT molecular complexity index is 3180. The number of aliphatic hydroxyl groups is 4. The maximum atomic E-state index is 14.0. The van der Waals surface area contributed by atoms with E-state index in [2.05, 4.69) is 10.6 Å². The normalized spacial score (nSPS) is 12.4. The number of carboxylic acid groups (broad SMARTS) is 2. The summed E-state index contributed by atoms with van der Waals surface area (Å²) < 4.78 is 32.0. The number of carbonyl (C=O) groups is 4. The fraction of sp³-hybridized carbons (Fsp3) is 0.273. The van der Waals surface area contributed by atoms with Gasteiger partial charge in [0.05, 0.1) is 46.9 Å². The summed E-state index contributed by atoms with van der Waals surface area (Å²) in [6.07, 6.45) is -5.54. The number of aliphatic hydroxyl groups excluding tert-OH is 4. The monoisotopic (exact) mass is 1210 g/mol. The van der Waals surface area contributed by atoms with Crippen molar-refractivity contribution in [3.05, 3.63) is 204 Å². The van der Waals surface area contributed by atoms with E-state index in [0.29, 0.717) is 56.1 Å². The van der Waals surface area contributed by atoms with Crippen LogP contribution < -0.4 is 20.8 Å². The molecule has 2 amide bonds. The molecule has 0 unspecified atom stereocenters. The van der Waals surface area contributed by atoms with Gasteiger partial charge in [0.2, 0.25) is 0 Å². The van der Waals surface area contributed by atoms with Crippen LogP contribution in [0.3, 0.4) is 0 Å². The Morgan fingerprint density at radius 1 is 0.452 bits per heavy atom. The Kier molecular flexibility index (Phi) is 26.3. The van der Waals surface area contributed by atoms with E-state index >= 15 is 0 Å². The van der Waals surface area contributed by atoms with Gasteiger partial charge in [-0.05, 0) is 133 Å². The Balaban J connectivity index is 0.000000300.